The minimum atomic E-state index is 0.315. The predicted molar refractivity (Wildman–Crippen MR) is 73.8 cm³/mol. The van der Waals surface area contributed by atoms with E-state index in [1.165, 1.54) is 37.7 Å². The van der Waals surface area contributed by atoms with Gasteiger partial charge >= 0.3 is 0 Å². The fraction of sp³-hybridized carbons (Fsp3) is 0.625. The summed E-state index contributed by atoms with van der Waals surface area (Å²) >= 11 is 0. The molecule has 0 radical (unpaired) electrons. The summed E-state index contributed by atoms with van der Waals surface area (Å²) in [5.74, 6) is 2.27. The Kier molecular flexibility index (Phi) is 3.55. The van der Waals surface area contributed by atoms with E-state index in [0.29, 0.717) is 12.0 Å². The molecule has 1 saturated carbocycles. The first-order valence-corrected chi connectivity index (χ1v) is 7.33. The van der Waals surface area contributed by atoms with E-state index in [2.05, 4.69) is 18.2 Å². The number of hydrogen-bond acceptors (Lipinski definition) is 2. The molecule has 1 aliphatic carbocycles. The predicted octanol–water partition coefficient (Wildman–Crippen LogP) is 3.46. The van der Waals surface area contributed by atoms with Crippen molar-refractivity contribution < 1.29 is 4.74 Å². The Balaban J connectivity index is 1.80. The molecule has 1 aromatic rings. The Morgan fingerprint density at radius 3 is 2.67 bits per heavy atom. The molecule has 2 unspecified atom stereocenters. The molecule has 0 spiro atoms. The molecule has 0 saturated heterocycles. The van der Waals surface area contributed by atoms with Crippen LogP contribution in [0.15, 0.2) is 24.3 Å². The second-order valence-electron chi connectivity index (χ2n) is 5.76. The number of ether oxygens (including phenoxy) is 1. The van der Waals surface area contributed by atoms with E-state index in [4.69, 9.17) is 10.5 Å². The van der Waals surface area contributed by atoms with Gasteiger partial charge in [-0.15, -0.1) is 0 Å². The Bertz CT molecular complexity index is 398. The van der Waals surface area contributed by atoms with Crippen molar-refractivity contribution >= 4 is 0 Å². The Morgan fingerprint density at radius 1 is 1.06 bits per heavy atom. The quantitative estimate of drug-likeness (QED) is 0.866. The zero-order chi connectivity index (χ0) is 12.4. The van der Waals surface area contributed by atoms with Crippen molar-refractivity contribution in [2.24, 2.45) is 11.7 Å². The van der Waals surface area contributed by atoms with Crippen molar-refractivity contribution in [2.75, 3.05) is 6.61 Å². The lowest BCUT2D eigenvalue weighted by molar-refractivity contribution is 0.215. The van der Waals surface area contributed by atoms with E-state index < -0.39 is 0 Å². The number of rotatable bonds is 2. The molecule has 2 N–H and O–H groups in total. The molecule has 0 aromatic heterocycles. The van der Waals surface area contributed by atoms with Crippen molar-refractivity contribution in [3.8, 4) is 5.75 Å². The molecule has 0 bridgehead atoms. The molecule has 18 heavy (non-hydrogen) atoms. The van der Waals surface area contributed by atoms with E-state index in [1.54, 1.807) is 0 Å². The highest BCUT2D eigenvalue weighted by Gasteiger charge is 2.32. The van der Waals surface area contributed by atoms with Gasteiger partial charge in [0, 0.05) is 12.0 Å². The van der Waals surface area contributed by atoms with Gasteiger partial charge in [-0.1, -0.05) is 37.5 Å². The number of nitrogens with two attached hydrogens (primary N) is 1. The monoisotopic (exact) mass is 245 g/mol. The molecule has 1 heterocycles. The fourth-order valence-electron chi connectivity index (χ4n) is 3.62. The lowest BCUT2D eigenvalue weighted by Crippen LogP contribution is -2.39. The molecule has 2 nitrogen and oxygen atoms in total. The van der Waals surface area contributed by atoms with Crippen LogP contribution in [0.5, 0.6) is 5.75 Å². The average Bonchev–Trinajstić information content (AvgIpc) is 2.47. The maximum atomic E-state index is 6.58. The van der Waals surface area contributed by atoms with Crippen molar-refractivity contribution in [3.63, 3.8) is 0 Å². The molecule has 98 valence electrons. The fourth-order valence-corrected chi connectivity index (χ4v) is 3.62. The second-order valence-corrected chi connectivity index (χ2v) is 5.76. The summed E-state index contributed by atoms with van der Waals surface area (Å²) in [6, 6.07) is 8.74. The smallest absolute Gasteiger partial charge is 0.122 e. The van der Waals surface area contributed by atoms with E-state index in [-0.39, 0.29) is 0 Å². The molecular formula is C16H23NO. The Labute approximate surface area is 110 Å². The van der Waals surface area contributed by atoms with Crippen LogP contribution in [-0.2, 0) is 0 Å². The normalized spacial score (nSPS) is 26.2. The van der Waals surface area contributed by atoms with E-state index in [1.807, 2.05) is 6.07 Å². The van der Waals surface area contributed by atoms with E-state index in [9.17, 15) is 0 Å². The topological polar surface area (TPSA) is 35.2 Å². The summed E-state index contributed by atoms with van der Waals surface area (Å²) in [4.78, 5) is 0. The minimum Gasteiger partial charge on any atom is -0.493 e. The third-order valence-corrected chi connectivity index (χ3v) is 4.66. The highest BCUT2D eigenvalue weighted by molar-refractivity contribution is 5.38. The van der Waals surface area contributed by atoms with Gasteiger partial charge in [0.05, 0.1) is 6.61 Å². The van der Waals surface area contributed by atoms with Gasteiger partial charge in [-0.3, -0.25) is 0 Å². The number of para-hydroxylation sites is 1. The number of fused-ring (bicyclic) bond motifs is 1. The summed E-state index contributed by atoms with van der Waals surface area (Å²) in [6.45, 7) is 0.822. The molecule has 1 fully saturated rings. The largest absolute Gasteiger partial charge is 0.493 e. The molecule has 1 aliphatic heterocycles. The van der Waals surface area contributed by atoms with Crippen LogP contribution >= 0.6 is 0 Å². The van der Waals surface area contributed by atoms with Gasteiger partial charge in [0.15, 0.2) is 0 Å². The summed E-state index contributed by atoms with van der Waals surface area (Å²) < 4.78 is 5.74. The highest BCUT2D eigenvalue weighted by Crippen LogP contribution is 2.39. The lowest BCUT2D eigenvalue weighted by atomic mass is 9.75. The third-order valence-electron chi connectivity index (χ3n) is 4.66. The number of benzene rings is 1. The van der Waals surface area contributed by atoms with Crippen LogP contribution in [0.25, 0.3) is 0 Å². The van der Waals surface area contributed by atoms with Crippen LogP contribution in [0.1, 0.15) is 50.0 Å². The van der Waals surface area contributed by atoms with Gasteiger partial charge < -0.3 is 10.5 Å². The minimum absolute atomic E-state index is 0.315. The van der Waals surface area contributed by atoms with Crippen LogP contribution < -0.4 is 10.5 Å². The average molecular weight is 245 g/mol. The van der Waals surface area contributed by atoms with Crippen molar-refractivity contribution in [2.45, 2.75) is 50.5 Å². The molecule has 2 atom stereocenters. The standard InChI is InChI=1S/C16H23NO/c17-16(12-6-2-1-3-7-12)14-10-11-18-15-9-5-4-8-13(14)15/h4-5,8-9,12,14,16H,1-3,6-7,10-11,17H2. The SMILES string of the molecule is NC(C1CCCCC1)C1CCOc2ccccc21. The van der Waals surface area contributed by atoms with Gasteiger partial charge in [0.1, 0.15) is 5.75 Å². The lowest BCUT2D eigenvalue weighted by Gasteiger charge is -2.36. The molecule has 2 heteroatoms. The first-order chi connectivity index (χ1) is 8.86. The van der Waals surface area contributed by atoms with Crippen LogP contribution in [0, 0.1) is 5.92 Å². The summed E-state index contributed by atoms with van der Waals surface area (Å²) in [5, 5.41) is 0. The zero-order valence-corrected chi connectivity index (χ0v) is 11.0. The maximum Gasteiger partial charge on any atom is 0.122 e. The van der Waals surface area contributed by atoms with Crippen molar-refractivity contribution in [1.82, 2.24) is 0 Å². The van der Waals surface area contributed by atoms with Gasteiger partial charge in [-0.25, -0.2) is 0 Å². The van der Waals surface area contributed by atoms with Crippen LogP contribution in [-0.4, -0.2) is 12.6 Å². The van der Waals surface area contributed by atoms with Gasteiger partial charge in [0.25, 0.3) is 0 Å². The first-order valence-electron chi connectivity index (χ1n) is 7.33. The summed E-state index contributed by atoms with van der Waals surface area (Å²) in [6.07, 6.45) is 7.84. The second kappa shape index (κ2) is 5.31. The van der Waals surface area contributed by atoms with Gasteiger partial charge in [-0.05, 0) is 36.8 Å². The first kappa shape index (κ1) is 12.0. The molecular weight excluding hydrogens is 222 g/mol. The third kappa shape index (κ3) is 2.26. The summed E-state index contributed by atoms with van der Waals surface area (Å²) in [5.41, 5.74) is 7.92. The van der Waals surface area contributed by atoms with E-state index in [0.717, 1.165) is 24.7 Å². The molecule has 2 aliphatic rings. The van der Waals surface area contributed by atoms with Gasteiger partial charge in [-0.2, -0.15) is 0 Å². The molecule has 0 amide bonds. The van der Waals surface area contributed by atoms with Crippen molar-refractivity contribution in [3.05, 3.63) is 29.8 Å². The Hall–Kier alpha value is -1.02. The van der Waals surface area contributed by atoms with Crippen molar-refractivity contribution in [1.29, 1.82) is 0 Å². The van der Waals surface area contributed by atoms with Crippen LogP contribution in [0.2, 0.25) is 0 Å². The molecule has 3 rings (SSSR count). The van der Waals surface area contributed by atoms with E-state index >= 15 is 0 Å². The molecule has 1 aromatic carbocycles. The van der Waals surface area contributed by atoms with Crippen LogP contribution in [0.3, 0.4) is 0 Å². The highest BCUT2D eigenvalue weighted by atomic mass is 16.5. The van der Waals surface area contributed by atoms with Gasteiger partial charge in [0.2, 0.25) is 0 Å². The zero-order valence-electron chi connectivity index (χ0n) is 11.0. The Morgan fingerprint density at radius 2 is 1.83 bits per heavy atom. The maximum absolute atomic E-state index is 6.58. The number of hydrogen-bond donors (Lipinski definition) is 1. The van der Waals surface area contributed by atoms with Crippen LogP contribution in [0.4, 0.5) is 0 Å². The summed E-state index contributed by atoms with van der Waals surface area (Å²) in [7, 11) is 0.